The number of rotatable bonds is 0. The normalized spacial score (nSPS) is 47.8. The molecule has 0 radical (unpaired) electrons. The van der Waals surface area contributed by atoms with Crippen LogP contribution in [0.3, 0.4) is 0 Å². The molecule has 13 heavy (non-hydrogen) atoms. The fraction of sp³-hybridized carbons (Fsp3) is 0.889. The van der Waals surface area contributed by atoms with E-state index < -0.39 is 0 Å². The molecular weight excluding hydrogens is 184 g/mol. The third-order valence-electron chi connectivity index (χ3n) is 3.25. The van der Waals surface area contributed by atoms with Crippen LogP contribution in [0.1, 0.15) is 25.7 Å². The van der Waals surface area contributed by atoms with Gasteiger partial charge >= 0.3 is 0 Å². The minimum Gasteiger partial charge on any atom is -0.463 e. The van der Waals surface area contributed by atoms with E-state index in [0.29, 0.717) is 6.02 Å². The van der Waals surface area contributed by atoms with E-state index in [2.05, 4.69) is 16.8 Å². The number of amidine groups is 1. The van der Waals surface area contributed by atoms with Crippen molar-refractivity contribution in [2.75, 3.05) is 6.61 Å². The second kappa shape index (κ2) is 2.56. The molecule has 3 heterocycles. The maximum atomic E-state index is 5.57. The van der Waals surface area contributed by atoms with Crippen LogP contribution in [0.15, 0.2) is 4.99 Å². The van der Waals surface area contributed by atoms with Gasteiger partial charge in [0.15, 0.2) is 0 Å². The highest BCUT2D eigenvalue weighted by molar-refractivity contribution is 8.00. The van der Waals surface area contributed by atoms with Crippen molar-refractivity contribution in [2.45, 2.75) is 41.7 Å². The van der Waals surface area contributed by atoms with Crippen molar-refractivity contribution in [1.82, 2.24) is 0 Å². The molecule has 0 aromatic rings. The van der Waals surface area contributed by atoms with E-state index in [1.54, 1.807) is 0 Å². The zero-order chi connectivity index (χ0) is 8.89. The van der Waals surface area contributed by atoms with Gasteiger partial charge in [0, 0.05) is 10.5 Å². The van der Waals surface area contributed by atoms with Gasteiger partial charge in [-0.2, -0.15) is 11.8 Å². The summed E-state index contributed by atoms with van der Waals surface area (Å²) in [4.78, 5) is 4.48. The molecular formula is C9H14N2OS. The summed E-state index contributed by atoms with van der Waals surface area (Å²) in [5, 5.41) is 1.63. The monoisotopic (exact) mass is 198 g/mol. The van der Waals surface area contributed by atoms with Crippen molar-refractivity contribution in [2.24, 2.45) is 10.7 Å². The van der Waals surface area contributed by atoms with Crippen LogP contribution < -0.4 is 5.73 Å². The van der Waals surface area contributed by atoms with E-state index in [1.807, 2.05) is 0 Å². The highest BCUT2D eigenvalue weighted by Gasteiger charge is 2.47. The Kier molecular flexibility index (Phi) is 1.57. The maximum Gasteiger partial charge on any atom is 0.282 e. The number of fused-ring (bicyclic) bond motifs is 2. The minimum absolute atomic E-state index is 0.0706. The van der Waals surface area contributed by atoms with Gasteiger partial charge in [-0.1, -0.05) is 0 Å². The van der Waals surface area contributed by atoms with E-state index in [0.717, 1.165) is 17.1 Å². The number of hydrogen-bond acceptors (Lipinski definition) is 4. The zero-order valence-electron chi connectivity index (χ0n) is 7.53. The van der Waals surface area contributed by atoms with Crippen LogP contribution in [0.5, 0.6) is 0 Å². The summed E-state index contributed by atoms with van der Waals surface area (Å²) in [6.45, 7) is 0.729. The Labute approximate surface area is 82.1 Å². The molecule has 0 amide bonds. The Morgan fingerprint density at radius 3 is 2.62 bits per heavy atom. The summed E-state index contributed by atoms with van der Waals surface area (Å²) >= 11 is 2.15. The van der Waals surface area contributed by atoms with Crippen LogP contribution in [0.4, 0.5) is 0 Å². The molecule has 4 heteroatoms. The Bertz CT molecular complexity index is 254. The zero-order valence-corrected chi connectivity index (χ0v) is 8.35. The molecule has 0 saturated carbocycles. The minimum atomic E-state index is 0.0706. The van der Waals surface area contributed by atoms with Crippen molar-refractivity contribution in [1.29, 1.82) is 0 Å². The summed E-state index contributed by atoms with van der Waals surface area (Å²) < 4.78 is 5.29. The van der Waals surface area contributed by atoms with Crippen LogP contribution in [0.25, 0.3) is 0 Å². The van der Waals surface area contributed by atoms with Gasteiger partial charge in [0.25, 0.3) is 6.02 Å². The first-order chi connectivity index (χ1) is 6.26. The molecule has 2 atom stereocenters. The summed E-state index contributed by atoms with van der Waals surface area (Å²) in [5.74, 6) is 0. The molecule has 3 aliphatic heterocycles. The Hall–Kier alpha value is -0.380. The highest BCUT2D eigenvalue weighted by atomic mass is 32.2. The fourth-order valence-electron chi connectivity index (χ4n) is 2.73. The van der Waals surface area contributed by atoms with Gasteiger partial charge in [-0.25, -0.2) is 4.99 Å². The lowest BCUT2D eigenvalue weighted by molar-refractivity contribution is 0.233. The van der Waals surface area contributed by atoms with Gasteiger partial charge < -0.3 is 10.5 Å². The largest absolute Gasteiger partial charge is 0.463 e. The fourth-order valence-corrected chi connectivity index (χ4v) is 4.63. The lowest BCUT2D eigenvalue weighted by Gasteiger charge is -2.32. The molecule has 2 N–H and O–H groups in total. The standard InChI is InChI=1S/C9H14N2OS/c10-8-11-9(5-12-8)3-6-1-2-7(4-9)13-6/h6-7H,1-5H2,(H2,10,11). The van der Waals surface area contributed by atoms with E-state index in [-0.39, 0.29) is 5.54 Å². The van der Waals surface area contributed by atoms with Crippen molar-refractivity contribution in [3.8, 4) is 0 Å². The number of thioether (sulfide) groups is 1. The van der Waals surface area contributed by atoms with Crippen molar-refractivity contribution >= 4 is 17.8 Å². The predicted octanol–water partition coefficient (Wildman–Crippen LogP) is 1.13. The number of hydrogen-bond donors (Lipinski definition) is 1. The van der Waals surface area contributed by atoms with Gasteiger partial charge in [0.2, 0.25) is 0 Å². The number of nitrogens with zero attached hydrogens (tertiary/aromatic N) is 1. The molecule has 2 unspecified atom stereocenters. The maximum absolute atomic E-state index is 5.57. The van der Waals surface area contributed by atoms with Crippen LogP contribution in [0, 0.1) is 0 Å². The second-order valence-electron chi connectivity index (χ2n) is 4.33. The summed E-state index contributed by atoms with van der Waals surface area (Å²) in [6, 6.07) is 0.409. The van der Waals surface area contributed by atoms with E-state index in [9.17, 15) is 0 Å². The molecule has 2 bridgehead atoms. The molecule has 2 saturated heterocycles. The van der Waals surface area contributed by atoms with Gasteiger partial charge in [-0.05, 0) is 25.7 Å². The third-order valence-corrected chi connectivity index (χ3v) is 4.82. The van der Waals surface area contributed by atoms with Crippen molar-refractivity contribution < 1.29 is 4.74 Å². The Balaban J connectivity index is 1.86. The van der Waals surface area contributed by atoms with Gasteiger partial charge in [0.05, 0.1) is 0 Å². The van der Waals surface area contributed by atoms with Crippen LogP contribution in [-0.4, -0.2) is 28.7 Å². The van der Waals surface area contributed by atoms with Gasteiger partial charge in [-0.15, -0.1) is 0 Å². The first-order valence-corrected chi connectivity index (χ1v) is 5.84. The lowest BCUT2D eigenvalue weighted by Crippen LogP contribution is -2.36. The summed E-state index contributed by atoms with van der Waals surface area (Å²) in [5.41, 5.74) is 5.64. The number of aliphatic imine (C=N–C) groups is 1. The topological polar surface area (TPSA) is 47.6 Å². The molecule has 3 aliphatic rings. The van der Waals surface area contributed by atoms with E-state index >= 15 is 0 Å². The molecule has 3 nitrogen and oxygen atoms in total. The summed E-state index contributed by atoms with van der Waals surface area (Å²) in [7, 11) is 0. The van der Waals surface area contributed by atoms with Crippen molar-refractivity contribution in [3.05, 3.63) is 0 Å². The second-order valence-corrected chi connectivity index (χ2v) is 5.93. The smallest absolute Gasteiger partial charge is 0.282 e. The van der Waals surface area contributed by atoms with Crippen LogP contribution in [-0.2, 0) is 4.74 Å². The number of ether oxygens (including phenoxy) is 1. The lowest BCUT2D eigenvalue weighted by atomic mass is 9.92. The predicted molar refractivity (Wildman–Crippen MR) is 53.9 cm³/mol. The van der Waals surface area contributed by atoms with Gasteiger partial charge in [-0.3, -0.25) is 0 Å². The molecule has 0 aromatic carbocycles. The Morgan fingerprint density at radius 2 is 2.08 bits per heavy atom. The molecule has 1 spiro atoms. The summed E-state index contributed by atoms with van der Waals surface area (Å²) in [6.07, 6.45) is 5.09. The van der Waals surface area contributed by atoms with Crippen molar-refractivity contribution in [3.63, 3.8) is 0 Å². The van der Waals surface area contributed by atoms with Crippen LogP contribution in [0.2, 0.25) is 0 Å². The first-order valence-electron chi connectivity index (χ1n) is 4.89. The molecule has 2 fully saturated rings. The average molecular weight is 198 g/mol. The van der Waals surface area contributed by atoms with E-state index in [4.69, 9.17) is 10.5 Å². The first kappa shape index (κ1) is 7.97. The number of nitrogens with two attached hydrogens (primary N) is 1. The highest BCUT2D eigenvalue weighted by Crippen LogP contribution is 2.49. The van der Waals surface area contributed by atoms with Crippen LogP contribution >= 0.6 is 11.8 Å². The molecule has 0 aliphatic carbocycles. The van der Waals surface area contributed by atoms with Gasteiger partial charge in [0.1, 0.15) is 12.1 Å². The Morgan fingerprint density at radius 1 is 1.38 bits per heavy atom. The van der Waals surface area contributed by atoms with E-state index in [1.165, 1.54) is 25.7 Å². The SMILES string of the molecule is NC1=NC2(CO1)CC1CCC(C2)S1. The molecule has 3 rings (SSSR count). The molecule has 72 valence electrons. The average Bonchev–Trinajstić information content (AvgIpc) is 2.58. The molecule has 0 aromatic heterocycles. The third kappa shape index (κ3) is 1.23. The quantitative estimate of drug-likeness (QED) is 0.634.